The fraction of sp³-hybridized carbons (Fsp3) is 0.562. The van der Waals surface area contributed by atoms with Crippen LogP contribution in [0, 0.1) is 5.92 Å². The number of hydrogen-bond donors (Lipinski definition) is 1. The highest BCUT2D eigenvalue weighted by Crippen LogP contribution is 2.25. The zero-order valence-electron chi connectivity index (χ0n) is 14.3. The average Bonchev–Trinajstić information content (AvgIpc) is 2.89. The van der Waals surface area contributed by atoms with Gasteiger partial charge in [0.2, 0.25) is 0 Å². The van der Waals surface area contributed by atoms with Gasteiger partial charge in [-0.05, 0) is 43.4 Å². The Bertz CT molecular complexity index is 845. The van der Waals surface area contributed by atoms with Gasteiger partial charge in [-0.1, -0.05) is 0 Å². The number of hydrogen-bond acceptors (Lipinski definition) is 6. The summed E-state index contributed by atoms with van der Waals surface area (Å²) in [5.41, 5.74) is 0.240. The normalized spacial score (nSPS) is 19.5. The summed E-state index contributed by atoms with van der Waals surface area (Å²) in [5.74, 6) is 0.481. The lowest BCUT2D eigenvalue weighted by molar-refractivity contribution is 0.0952. The lowest BCUT2D eigenvalue weighted by Gasteiger charge is -2.11. The van der Waals surface area contributed by atoms with Gasteiger partial charge in [-0.15, -0.1) is 0 Å². The molecule has 0 aliphatic carbocycles. The van der Waals surface area contributed by atoms with E-state index < -0.39 is 19.7 Å². The van der Waals surface area contributed by atoms with Crippen molar-refractivity contribution in [1.82, 2.24) is 5.32 Å². The Labute approximate surface area is 148 Å². The third-order valence-electron chi connectivity index (χ3n) is 4.23. The number of benzene rings is 1. The van der Waals surface area contributed by atoms with Crippen molar-refractivity contribution < 1.29 is 26.4 Å². The van der Waals surface area contributed by atoms with Crippen molar-refractivity contribution in [2.75, 3.05) is 31.4 Å². The summed E-state index contributed by atoms with van der Waals surface area (Å²) >= 11 is 0. The van der Waals surface area contributed by atoms with E-state index in [4.69, 9.17) is 4.74 Å². The molecule has 0 aromatic heterocycles. The van der Waals surface area contributed by atoms with E-state index >= 15 is 0 Å². The summed E-state index contributed by atoms with van der Waals surface area (Å²) in [5, 5.41) is 2.74. The molecule has 1 aromatic carbocycles. The summed E-state index contributed by atoms with van der Waals surface area (Å²) in [6, 6.07) is 4.26. The molecule has 7 nitrogen and oxygen atoms in total. The van der Waals surface area contributed by atoms with Crippen LogP contribution in [0.4, 0.5) is 0 Å². The van der Waals surface area contributed by atoms with Crippen LogP contribution in [-0.2, 0) is 19.7 Å². The highest BCUT2D eigenvalue weighted by molar-refractivity contribution is 7.91. The second-order valence-electron chi connectivity index (χ2n) is 6.30. The maximum Gasteiger partial charge on any atom is 0.251 e. The molecule has 0 bridgehead atoms. The van der Waals surface area contributed by atoms with Crippen molar-refractivity contribution in [3.63, 3.8) is 0 Å². The van der Waals surface area contributed by atoms with E-state index in [9.17, 15) is 21.6 Å². The Balaban J connectivity index is 1.91. The molecule has 1 aromatic rings. The number of sulfone groups is 2. The number of ether oxygens (including phenoxy) is 1. The third-order valence-corrected chi connectivity index (χ3v) is 7.18. The quantitative estimate of drug-likeness (QED) is 0.699. The molecular formula is C16H23NO6S2. The number of nitrogens with one attached hydrogen (secondary N) is 1. The summed E-state index contributed by atoms with van der Waals surface area (Å²) in [6.07, 6.45) is 3.17. The minimum Gasteiger partial charge on any atom is -0.495 e. The molecule has 25 heavy (non-hydrogen) atoms. The lowest BCUT2D eigenvalue weighted by atomic mass is 10.0. The Kier molecular flexibility index (Phi) is 6.10. The molecule has 1 heterocycles. The minimum atomic E-state index is -3.51. The van der Waals surface area contributed by atoms with Crippen molar-refractivity contribution in [2.24, 2.45) is 5.92 Å². The molecule has 1 aliphatic rings. The van der Waals surface area contributed by atoms with Gasteiger partial charge < -0.3 is 10.1 Å². The predicted molar refractivity (Wildman–Crippen MR) is 94.4 cm³/mol. The fourth-order valence-corrected chi connectivity index (χ4v) is 5.67. The van der Waals surface area contributed by atoms with Crippen molar-refractivity contribution in [2.45, 2.75) is 24.2 Å². The second kappa shape index (κ2) is 7.74. The van der Waals surface area contributed by atoms with Crippen molar-refractivity contribution in [3.05, 3.63) is 23.8 Å². The molecule has 1 aliphatic heterocycles. The van der Waals surface area contributed by atoms with Gasteiger partial charge >= 0.3 is 0 Å². The maximum atomic E-state index is 12.2. The standard InChI is InChI=1S/C16H23NO6S2/c1-23-14-6-5-13(10-15(14)24(2,19)20)16(18)17-8-3-4-12-7-9-25(21,22)11-12/h5-6,10,12H,3-4,7-9,11H2,1-2H3,(H,17,18). The molecule has 2 rings (SSSR count). The molecule has 1 atom stereocenters. The molecule has 0 saturated carbocycles. The highest BCUT2D eigenvalue weighted by Gasteiger charge is 2.27. The average molecular weight is 389 g/mol. The van der Waals surface area contributed by atoms with Crippen molar-refractivity contribution in [3.8, 4) is 5.75 Å². The molecular weight excluding hydrogens is 366 g/mol. The lowest BCUT2D eigenvalue weighted by Crippen LogP contribution is -2.25. The topological polar surface area (TPSA) is 107 Å². The molecule has 1 saturated heterocycles. The van der Waals surface area contributed by atoms with E-state index in [2.05, 4.69) is 5.32 Å². The first-order valence-electron chi connectivity index (χ1n) is 7.99. The number of carbonyl (C=O) groups is 1. The molecule has 0 spiro atoms. The van der Waals surface area contributed by atoms with Gasteiger partial charge in [0.1, 0.15) is 10.6 Å². The smallest absolute Gasteiger partial charge is 0.251 e. The summed E-state index contributed by atoms with van der Waals surface area (Å²) in [6.45, 7) is 0.412. The molecule has 1 unspecified atom stereocenters. The first-order valence-corrected chi connectivity index (χ1v) is 11.7. The van der Waals surface area contributed by atoms with Gasteiger partial charge in [0.15, 0.2) is 19.7 Å². The number of rotatable bonds is 7. The fourth-order valence-electron chi connectivity index (χ4n) is 2.90. The first kappa shape index (κ1) is 19.7. The van der Waals surface area contributed by atoms with Crippen LogP contribution >= 0.6 is 0 Å². The van der Waals surface area contributed by atoms with Crippen LogP contribution in [-0.4, -0.2) is 54.2 Å². The van der Waals surface area contributed by atoms with E-state index in [-0.39, 0.29) is 39.5 Å². The minimum absolute atomic E-state index is 0.0289. The van der Waals surface area contributed by atoms with Gasteiger partial charge in [0, 0.05) is 18.4 Å². The van der Waals surface area contributed by atoms with Crippen LogP contribution in [0.2, 0.25) is 0 Å². The summed E-state index contributed by atoms with van der Waals surface area (Å²) in [4.78, 5) is 12.2. The molecule has 140 valence electrons. The van der Waals surface area contributed by atoms with E-state index in [0.717, 1.165) is 12.7 Å². The van der Waals surface area contributed by atoms with E-state index in [1.54, 1.807) is 0 Å². The largest absolute Gasteiger partial charge is 0.495 e. The number of amides is 1. The summed E-state index contributed by atoms with van der Waals surface area (Å²) < 4.78 is 51.4. The molecule has 9 heteroatoms. The van der Waals surface area contributed by atoms with Crippen LogP contribution in [0.3, 0.4) is 0 Å². The highest BCUT2D eigenvalue weighted by atomic mass is 32.2. The first-order chi connectivity index (χ1) is 11.6. The van der Waals surface area contributed by atoms with Crippen LogP contribution in [0.15, 0.2) is 23.1 Å². The Morgan fingerprint density at radius 2 is 2.08 bits per heavy atom. The van der Waals surface area contributed by atoms with Crippen LogP contribution < -0.4 is 10.1 Å². The second-order valence-corrected chi connectivity index (χ2v) is 10.5. The van der Waals surface area contributed by atoms with E-state index in [1.165, 1.54) is 25.3 Å². The van der Waals surface area contributed by atoms with Gasteiger partial charge in [-0.3, -0.25) is 4.79 Å². The van der Waals surface area contributed by atoms with E-state index in [1.807, 2.05) is 0 Å². The van der Waals surface area contributed by atoms with Crippen molar-refractivity contribution >= 4 is 25.6 Å². The maximum absolute atomic E-state index is 12.2. The number of carbonyl (C=O) groups excluding carboxylic acids is 1. The van der Waals surface area contributed by atoms with Crippen LogP contribution in [0.25, 0.3) is 0 Å². The third kappa shape index (κ3) is 5.43. The van der Waals surface area contributed by atoms with Crippen LogP contribution in [0.5, 0.6) is 5.75 Å². The molecule has 1 amide bonds. The Hall–Kier alpha value is -1.61. The van der Waals surface area contributed by atoms with Crippen molar-refractivity contribution in [1.29, 1.82) is 0 Å². The summed E-state index contributed by atoms with van der Waals surface area (Å²) in [7, 11) is -5.02. The zero-order valence-corrected chi connectivity index (χ0v) is 16.0. The monoisotopic (exact) mass is 389 g/mol. The number of methoxy groups -OCH3 is 1. The molecule has 1 fully saturated rings. The van der Waals surface area contributed by atoms with Crippen LogP contribution in [0.1, 0.15) is 29.6 Å². The zero-order chi connectivity index (χ0) is 18.7. The van der Waals surface area contributed by atoms with Gasteiger partial charge in [-0.2, -0.15) is 0 Å². The predicted octanol–water partition coefficient (Wildman–Crippen LogP) is 1.04. The van der Waals surface area contributed by atoms with E-state index in [0.29, 0.717) is 19.4 Å². The van der Waals surface area contributed by atoms with Gasteiger partial charge in [0.25, 0.3) is 5.91 Å². The molecule has 1 N–H and O–H groups in total. The van der Waals surface area contributed by atoms with Gasteiger partial charge in [-0.25, -0.2) is 16.8 Å². The van der Waals surface area contributed by atoms with Gasteiger partial charge in [0.05, 0.1) is 18.6 Å². The molecule has 0 radical (unpaired) electrons. The SMILES string of the molecule is COc1ccc(C(=O)NCCCC2CCS(=O)(=O)C2)cc1S(C)(=O)=O. The Morgan fingerprint density at radius 3 is 2.64 bits per heavy atom. The Morgan fingerprint density at radius 1 is 1.36 bits per heavy atom.